The van der Waals surface area contributed by atoms with E-state index < -0.39 is 18.0 Å². The number of nitrogens with one attached hydrogen (secondary N) is 1. The Kier molecular flexibility index (Phi) is 7.20. The largest absolute Gasteiger partial charge is 0.481 e. The van der Waals surface area contributed by atoms with Crippen LogP contribution in [0.4, 0.5) is 0 Å². The molecule has 0 aliphatic rings. The van der Waals surface area contributed by atoms with Gasteiger partial charge in [0.05, 0.1) is 11.8 Å². The number of carbonyl (C=O) groups is 2. The first-order valence-corrected chi connectivity index (χ1v) is 10.9. The normalized spacial score (nSPS) is 11.8. The minimum atomic E-state index is -0.741. The maximum absolute atomic E-state index is 12.7. The van der Waals surface area contributed by atoms with Crippen molar-refractivity contribution in [2.45, 2.75) is 13.0 Å². The van der Waals surface area contributed by atoms with Crippen LogP contribution in [0.1, 0.15) is 22.8 Å². The van der Waals surface area contributed by atoms with Gasteiger partial charge in [-0.2, -0.15) is 5.10 Å². The van der Waals surface area contributed by atoms with Crippen molar-refractivity contribution >= 4 is 40.5 Å². The molecule has 0 aliphatic heterocycles. The molecule has 0 aromatic heterocycles. The number of nitrogens with zero attached hydrogens (tertiary/aromatic N) is 1. The molecule has 0 saturated heterocycles. The second-order valence-electron chi connectivity index (χ2n) is 7.43. The fourth-order valence-corrected chi connectivity index (χ4v) is 3.35. The van der Waals surface area contributed by atoms with E-state index >= 15 is 0 Å². The van der Waals surface area contributed by atoms with Gasteiger partial charge < -0.3 is 9.47 Å². The summed E-state index contributed by atoms with van der Waals surface area (Å²) in [6.07, 6.45) is 0.748. The van der Waals surface area contributed by atoms with Crippen LogP contribution < -0.4 is 14.9 Å². The van der Waals surface area contributed by atoms with Gasteiger partial charge in [-0.25, -0.2) is 10.2 Å². The van der Waals surface area contributed by atoms with Gasteiger partial charge in [-0.15, -0.1) is 0 Å². The number of hydrogen-bond donors (Lipinski definition) is 1. The summed E-state index contributed by atoms with van der Waals surface area (Å²) in [5, 5.41) is 6.35. The van der Waals surface area contributed by atoms with Gasteiger partial charge in [-0.05, 0) is 77.9 Å². The summed E-state index contributed by atoms with van der Waals surface area (Å²) in [4.78, 5) is 24.8. The standard InChI is InChI=1S/C27H21ClN2O4/c1-18(33-22-15-11-21(28)12-16-22)26(31)30-29-17-19-9-13-23(14-10-19)34-27(32)25-8-4-6-20-5-2-3-7-24(20)25/h2-18H,1H3,(H,30,31)/b29-17-/t18-/m0/s1. The molecular weight excluding hydrogens is 452 g/mol. The van der Waals surface area contributed by atoms with Crippen molar-refractivity contribution in [2.24, 2.45) is 5.10 Å². The van der Waals surface area contributed by atoms with E-state index in [9.17, 15) is 9.59 Å². The number of amides is 1. The van der Waals surface area contributed by atoms with E-state index in [0.717, 1.165) is 16.3 Å². The highest BCUT2D eigenvalue weighted by atomic mass is 35.5. The van der Waals surface area contributed by atoms with Crippen molar-refractivity contribution in [2.75, 3.05) is 0 Å². The van der Waals surface area contributed by atoms with Crippen LogP contribution in [0.15, 0.2) is 96.1 Å². The first kappa shape index (κ1) is 23.0. The predicted octanol–water partition coefficient (Wildman–Crippen LogP) is 5.63. The van der Waals surface area contributed by atoms with Gasteiger partial charge in [0.25, 0.3) is 5.91 Å². The number of esters is 1. The van der Waals surface area contributed by atoms with Crippen LogP contribution in [-0.2, 0) is 4.79 Å². The molecule has 4 rings (SSSR count). The number of halogens is 1. The number of benzene rings is 4. The molecule has 170 valence electrons. The molecule has 0 saturated carbocycles. The van der Waals surface area contributed by atoms with E-state index in [1.165, 1.54) is 6.21 Å². The van der Waals surface area contributed by atoms with Crippen molar-refractivity contribution in [3.05, 3.63) is 107 Å². The average molecular weight is 473 g/mol. The Labute approximate surface area is 201 Å². The fraction of sp³-hybridized carbons (Fsp3) is 0.0741. The second-order valence-corrected chi connectivity index (χ2v) is 7.87. The van der Waals surface area contributed by atoms with Gasteiger partial charge in [-0.3, -0.25) is 4.79 Å². The van der Waals surface area contributed by atoms with Crippen molar-refractivity contribution in [3.63, 3.8) is 0 Å². The smallest absolute Gasteiger partial charge is 0.344 e. The number of hydrogen-bond acceptors (Lipinski definition) is 5. The molecule has 0 heterocycles. The Morgan fingerprint density at radius 3 is 2.32 bits per heavy atom. The zero-order valence-electron chi connectivity index (χ0n) is 18.3. The second kappa shape index (κ2) is 10.6. The highest BCUT2D eigenvalue weighted by Gasteiger charge is 2.14. The molecular formula is C27H21ClN2O4. The Morgan fingerprint density at radius 1 is 0.882 bits per heavy atom. The maximum Gasteiger partial charge on any atom is 0.344 e. The van der Waals surface area contributed by atoms with Crippen LogP contribution in [0.2, 0.25) is 5.02 Å². The Morgan fingerprint density at radius 2 is 1.56 bits per heavy atom. The predicted molar refractivity (Wildman–Crippen MR) is 133 cm³/mol. The average Bonchev–Trinajstić information content (AvgIpc) is 2.86. The summed E-state index contributed by atoms with van der Waals surface area (Å²) in [5.41, 5.74) is 3.66. The third-order valence-electron chi connectivity index (χ3n) is 4.98. The summed E-state index contributed by atoms with van der Waals surface area (Å²) in [5.74, 6) is 0.112. The molecule has 6 nitrogen and oxygen atoms in total. The molecule has 0 bridgehead atoms. The zero-order chi connectivity index (χ0) is 23.9. The molecule has 1 atom stereocenters. The molecule has 1 N–H and O–H groups in total. The summed E-state index contributed by atoms with van der Waals surface area (Å²) < 4.78 is 11.1. The molecule has 7 heteroatoms. The van der Waals surface area contributed by atoms with Crippen LogP contribution in [0.3, 0.4) is 0 Å². The Balaban J connectivity index is 1.32. The third kappa shape index (κ3) is 5.79. The minimum absolute atomic E-state index is 0.396. The summed E-state index contributed by atoms with van der Waals surface area (Å²) in [7, 11) is 0. The lowest BCUT2D eigenvalue weighted by molar-refractivity contribution is -0.127. The van der Waals surface area contributed by atoms with Crippen molar-refractivity contribution in [1.82, 2.24) is 5.43 Å². The third-order valence-corrected chi connectivity index (χ3v) is 5.24. The molecule has 0 unspecified atom stereocenters. The molecule has 0 aliphatic carbocycles. The molecule has 34 heavy (non-hydrogen) atoms. The van der Waals surface area contributed by atoms with Gasteiger partial charge in [0, 0.05) is 5.02 Å². The molecule has 4 aromatic rings. The zero-order valence-corrected chi connectivity index (χ0v) is 19.0. The van der Waals surface area contributed by atoms with Crippen LogP contribution in [-0.4, -0.2) is 24.2 Å². The van der Waals surface area contributed by atoms with E-state index in [1.54, 1.807) is 61.5 Å². The number of hydrazone groups is 1. The minimum Gasteiger partial charge on any atom is -0.481 e. The van der Waals surface area contributed by atoms with Crippen LogP contribution in [0, 0.1) is 0 Å². The van der Waals surface area contributed by atoms with E-state index in [2.05, 4.69) is 10.5 Å². The number of ether oxygens (including phenoxy) is 2. The van der Waals surface area contributed by atoms with Crippen molar-refractivity contribution < 1.29 is 19.1 Å². The molecule has 0 spiro atoms. The first-order chi connectivity index (χ1) is 16.5. The summed E-state index contributed by atoms with van der Waals surface area (Å²) in [6.45, 7) is 1.62. The SMILES string of the molecule is C[C@H](Oc1ccc(Cl)cc1)C(=O)N/N=C\c1ccc(OC(=O)c2cccc3ccccc23)cc1. The molecule has 0 fully saturated rings. The fourth-order valence-electron chi connectivity index (χ4n) is 3.22. The summed E-state index contributed by atoms with van der Waals surface area (Å²) in [6, 6.07) is 26.7. The topological polar surface area (TPSA) is 77.0 Å². The summed E-state index contributed by atoms with van der Waals surface area (Å²) >= 11 is 5.84. The van der Waals surface area contributed by atoms with Gasteiger partial charge in [0.2, 0.25) is 0 Å². The van der Waals surface area contributed by atoms with Crippen LogP contribution in [0.25, 0.3) is 10.8 Å². The maximum atomic E-state index is 12.7. The lowest BCUT2D eigenvalue weighted by Gasteiger charge is -2.12. The molecule has 1 amide bonds. The molecule has 0 radical (unpaired) electrons. The lowest BCUT2D eigenvalue weighted by atomic mass is 10.0. The van der Waals surface area contributed by atoms with Crippen molar-refractivity contribution in [3.8, 4) is 11.5 Å². The number of rotatable bonds is 7. The van der Waals surface area contributed by atoms with Gasteiger partial charge >= 0.3 is 5.97 Å². The Bertz CT molecular complexity index is 1330. The highest BCUT2D eigenvalue weighted by molar-refractivity contribution is 6.30. The quantitative estimate of drug-likeness (QED) is 0.164. The van der Waals surface area contributed by atoms with Crippen LogP contribution >= 0.6 is 11.6 Å². The monoisotopic (exact) mass is 472 g/mol. The lowest BCUT2D eigenvalue weighted by Crippen LogP contribution is -2.33. The molecule has 4 aromatic carbocycles. The Hall–Kier alpha value is -4.16. The van der Waals surface area contributed by atoms with Gasteiger partial charge in [0.15, 0.2) is 6.10 Å². The van der Waals surface area contributed by atoms with E-state index in [1.807, 2.05) is 36.4 Å². The van der Waals surface area contributed by atoms with Gasteiger partial charge in [-0.1, -0.05) is 48.0 Å². The van der Waals surface area contributed by atoms with Gasteiger partial charge in [0.1, 0.15) is 11.5 Å². The van der Waals surface area contributed by atoms with E-state index in [0.29, 0.717) is 22.1 Å². The van der Waals surface area contributed by atoms with Crippen LogP contribution in [0.5, 0.6) is 11.5 Å². The highest BCUT2D eigenvalue weighted by Crippen LogP contribution is 2.21. The van der Waals surface area contributed by atoms with Crippen molar-refractivity contribution in [1.29, 1.82) is 0 Å². The van der Waals surface area contributed by atoms with E-state index in [4.69, 9.17) is 21.1 Å². The number of carbonyl (C=O) groups excluding carboxylic acids is 2. The number of fused-ring (bicyclic) bond motifs is 1. The van der Waals surface area contributed by atoms with E-state index in [-0.39, 0.29) is 0 Å². The first-order valence-electron chi connectivity index (χ1n) is 10.5.